The van der Waals surface area contributed by atoms with Gasteiger partial charge in [0.1, 0.15) is 0 Å². The topological polar surface area (TPSA) is 23.8 Å². The molecular formula is CBNZn-. The third-order valence-electron chi connectivity index (χ3n) is 0. The van der Waals surface area contributed by atoms with E-state index in [1.165, 1.54) is 0 Å². The molecular weight excluding hydrogens is 102 g/mol. The molecule has 0 spiro atoms. The van der Waals surface area contributed by atoms with Crippen LogP contribution in [-0.4, -0.2) is 8.41 Å². The van der Waals surface area contributed by atoms with Crippen LogP contribution in [0, 0.1) is 11.8 Å². The first-order valence-corrected chi connectivity index (χ1v) is 0.224. The Morgan fingerprint density at radius 3 is 1.25 bits per heavy atom. The Morgan fingerprint density at radius 1 is 1.25 bits per heavy atom. The van der Waals surface area contributed by atoms with Crippen molar-refractivity contribution in [1.82, 2.24) is 0 Å². The van der Waals surface area contributed by atoms with Crippen LogP contribution in [0.1, 0.15) is 0 Å². The van der Waals surface area contributed by atoms with Crippen LogP contribution in [0.2, 0.25) is 0 Å². The molecule has 0 bridgehead atoms. The van der Waals surface area contributed by atoms with Gasteiger partial charge in [0.15, 0.2) is 0 Å². The van der Waals surface area contributed by atoms with Gasteiger partial charge in [0.2, 0.25) is 0 Å². The molecule has 0 saturated heterocycles. The molecule has 0 amide bonds. The van der Waals surface area contributed by atoms with E-state index >= 15 is 0 Å². The zero-order valence-corrected chi connectivity index (χ0v) is 5.20. The maximum atomic E-state index is 6.25. The van der Waals surface area contributed by atoms with Crippen LogP contribution in [0.4, 0.5) is 0 Å². The van der Waals surface area contributed by atoms with E-state index in [0.717, 1.165) is 0 Å². The van der Waals surface area contributed by atoms with Gasteiger partial charge in [-0.05, 0) is 0 Å². The fraction of sp³-hybridized carbons (Fsp3) is 0. The maximum absolute atomic E-state index is 6.25. The summed E-state index contributed by atoms with van der Waals surface area (Å²) in [6.07, 6.45) is 0. The van der Waals surface area contributed by atoms with Crippen LogP contribution in [0.3, 0.4) is 0 Å². The van der Waals surface area contributed by atoms with Crippen molar-refractivity contribution in [2.75, 3.05) is 0 Å². The molecule has 4 heavy (non-hydrogen) atoms. The molecule has 0 aliphatic rings. The van der Waals surface area contributed by atoms with Crippen molar-refractivity contribution in [3.05, 3.63) is 6.57 Å². The van der Waals surface area contributed by atoms with E-state index in [4.69, 9.17) is 11.8 Å². The van der Waals surface area contributed by atoms with Crippen LogP contribution >= 0.6 is 0 Å². The molecule has 0 rings (SSSR count). The van der Waals surface area contributed by atoms with Crippen molar-refractivity contribution in [3.8, 4) is 0 Å². The average molecular weight is 102 g/mol. The van der Waals surface area contributed by atoms with Crippen LogP contribution < -0.4 is 0 Å². The van der Waals surface area contributed by atoms with E-state index in [0.29, 0.717) is 0 Å². The van der Waals surface area contributed by atoms with E-state index < -0.39 is 0 Å². The molecule has 0 aromatic rings. The van der Waals surface area contributed by atoms with E-state index in [1.807, 2.05) is 0 Å². The molecule has 0 aromatic carbocycles. The molecule has 1 nitrogen and oxygen atoms in total. The van der Waals surface area contributed by atoms with Gasteiger partial charge in [-0.2, -0.15) is 0 Å². The molecule has 0 N–H and O–H groups in total. The third-order valence-corrected chi connectivity index (χ3v) is 0. The molecule has 0 aromatic heterocycles. The van der Waals surface area contributed by atoms with Gasteiger partial charge in [-0.1, -0.05) is 0 Å². The number of nitrogens with zero attached hydrogens (tertiary/aromatic N) is 1. The summed E-state index contributed by atoms with van der Waals surface area (Å²) in [6.45, 7) is 4.75. The molecule has 15 valence electrons. The quantitative estimate of drug-likeness (QED) is 0.305. The average Bonchev–Trinajstić information content (AvgIpc) is 1.00. The predicted octanol–water partition coefficient (Wildman–Crippen LogP) is -0.287. The monoisotopic (exact) mass is 101 g/mol. The van der Waals surface area contributed by atoms with Crippen molar-refractivity contribution < 1.29 is 19.5 Å². The van der Waals surface area contributed by atoms with Gasteiger partial charge in [-0.15, -0.1) is 0 Å². The Kier molecular flexibility index (Phi) is 3600. The molecule has 0 atom stereocenters. The van der Waals surface area contributed by atoms with Crippen LogP contribution in [-0.2, 0) is 19.5 Å². The molecule has 0 aliphatic carbocycles. The third kappa shape index (κ3) is 95.1. The van der Waals surface area contributed by atoms with Gasteiger partial charge in [0.25, 0.3) is 0 Å². The first kappa shape index (κ1) is 30.4. The van der Waals surface area contributed by atoms with Crippen molar-refractivity contribution in [1.29, 1.82) is 5.26 Å². The fourth-order valence-electron chi connectivity index (χ4n) is 0. The van der Waals surface area contributed by atoms with E-state index in [1.54, 1.807) is 0 Å². The minimum absolute atomic E-state index is 0. The zero-order valence-electron chi connectivity index (χ0n) is 2.23. The largest absolute Gasteiger partial charge is 0.512 e. The van der Waals surface area contributed by atoms with Crippen LogP contribution in [0.25, 0.3) is 0 Å². The maximum Gasteiger partial charge on any atom is 0 e. The smallest absolute Gasteiger partial charge is 0 e. The Morgan fingerprint density at radius 2 is 1.25 bits per heavy atom. The van der Waals surface area contributed by atoms with E-state index in [9.17, 15) is 0 Å². The van der Waals surface area contributed by atoms with Crippen molar-refractivity contribution in [2.45, 2.75) is 0 Å². The minimum atomic E-state index is 0. The van der Waals surface area contributed by atoms with E-state index in [2.05, 4.69) is 0 Å². The summed E-state index contributed by atoms with van der Waals surface area (Å²) in [5.74, 6) is 0. The molecule has 0 unspecified atom stereocenters. The Hall–Kier alpha value is 0.178. The molecule has 3 heteroatoms. The normalized spacial score (nSPS) is 0.500. The van der Waals surface area contributed by atoms with Crippen LogP contribution in [0.5, 0.6) is 0 Å². The summed E-state index contributed by atoms with van der Waals surface area (Å²) in [5, 5.41) is 6.25. The molecule has 0 fully saturated rings. The number of rotatable bonds is 0. The molecule has 0 saturated carbocycles. The fourth-order valence-corrected chi connectivity index (χ4v) is 0. The Balaban J connectivity index is -0.00000000500. The summed E-state index contributed by atoms with van der Waals surface area (Å²) in [7, 11) is 0. The Bertz CT molecular complexity index is 12.8. The second-order valence-electron chi connectivity index (χ2n) is 0. The summed E-state index contributed by atoms with van der Waals surface area (Å²) >= 11 is 0. The summed E-state index contributed by atoms with van der Waals surface area (Å²) in [4.78, 5) is 0. The summed E-state index contributed by atoms with van der Waals surface area (Å²) in [5.41, 5.74) is 0. The molecule has 3 radical (unpaired) electrons. The Labute approximate surface area is 40.3 Å². The second kappa shape index (κ2) is 474. The van der Waals surface area contributed by atoms with E-state index in [-0.39, 0.29) is 27.9 Å². The van der Waals surface area contributed by atoms with Crippen molar-refractivity contribution in [2.24, 2.45) is 0 Å². The second-order valence-corrected chi connectivity index (χ2v) is 0. The predicted molar refractivity (Wildman–Crippen MR) is 10.7 cm³/mol. The molecule has 0 aliphatic heterocycles. The van der Waals surface area contributed by atoms with Crippen molar-refractivity contribution >= 4 is 8.41 Å². The molecule has 0 heterocycles. The number of hydrogen-bond acceptors (Lipinski definition) is 1. The van der Waals surface area contributed by atoms with Gasteiger partial charge in [-0.25, -0.2) is 0 Å². The first-order valence-electron chi connectivity index (χ1n) is 0.224. The van der Waals surface area contributed by atoms with Gasteiger partial charge in [-0.3, -0.25) is 0 Å². The standard InChI is InChI=1S/CN.B.Zn/c1-2;;/q-1;;. The van der Waals surface area contributed by atoms with Crippen molar-refractivity contribution in [3.63, 3.8) is 0 Å². The summed E-state index contributed by atoms with van der Waals surface area (Å²) in [6, 6.07) is 0. The van der Waals surface area contributed by atoms with Gasteiger partial charge >= 0.3 is 0 Å². The van der Waals surface area contributed by atoms with Gasteiger partial charge in [0, 0.05) is 27.9 Å². The SMILES string of the molecule is [B].[C-]#N.[Zn]. The van der Waals surface area contributed by atoms with Crippen LogP contribution in [0.15, 0.2) is 0 Å². The minimum Gasteiger partial charge on any atom is -0.512 e. The van der Waals surface area contributed by atoms with Gasteiger partial charge < -0.3 is 11.8 Å². The zero-order chi connectivity index (χ0) is 2.00. The summed E-state index contributed by atoms with van der Waals surface area (Å²) < 4.78 is 0. The first-order chi connectivity index (χ1) is 1.00. The number of hydrogen-bond donors (Lipinski definition) is 0. The van der Waals surface area contributed by atoms with Gasteiger partial charge in [0.05, 0.1) is 0 Å².